The first-order chi connectivity index (χ1) is 12.3. The van der Waals surface area contributed by atoms with Gasteiger partial charge in [0.05, 0.1) is 0 Å². The third-order valence-electron chi connectivity index (χ3n) is 5.15. The Hall–Kier alpha value is -2.64. The van der Waals surface area contributed by atoms with Crippen LogP contribution in [0.4, 0.5) is 4.79 Å². The van der Waals surface area contributed by atoms with Crippen molar-refractivity contribution in [3.8, 4) is 5.75 Å². The predicted molar refractivity (Wildman–Crippen MR) is 93.5 cm³/mol. The lowest BCUT2D eigenvalue weighted by molar-refractivity contribution is -0.134. The highest BCUT2D eigenvalue weighted by atomic mass is 16.3. The average molecular weight is 360 g/mol. The molecular formula is C18H24N4O4. The summed E-state index contributed by atoms with van der Waals surface area (Å²) in [5.41, 5.74) is -0.868. The number of carbonyl (C=O) groups excluding carboxylic acids is 3. The summed E-state index contributed by atoms with van der Waals surface area (Å²) in [6.07, 6.45) is 2.22. The molecule has 0 bridgehead atoms. The van der Waals surface area contributed by atoms with Crippen LogP contribution in [0.25, 0.3) is 0 Å². The fourth-order valence-electron chi connectivity index (χ4n) is 3.77. The zero-order valence-electron chi connectivity index (χ0n) is 15.3. The van der Waals surface area contributed by atoms with Crippen LogP contribution in [0.5, 0.6) is 5.75 Å². The number of pyridine rings is 1. The summed E-state index contributed by atoms with van der Waals surface area (Å²) in [7, 11) is 1.51. The minimum atomic E-state index is -0.876. The smallest absolute Gasteiger partial charge is 0.327 e. The molecular weight excluding hydrogens is 336 g/mol. The molecule has 2 saturated heterocycles. The number of hydrogen-bond donors (Lipinski definition) is 1. The van der Waals surface area contributed by atoms with E-state index in [1.54, 1.807) is 15.9 Å². The molecule has 2 aliphatic heterocycles. The Morgan fingerprint density at radius 2 is 1.96 bits per heavy atom. The van der Waals surface area contributed by atoms with E-state index >= 15 is 0 Å². The monoisotopic (exact) mass is 360 g/mol. The van der Waals surface area contributed by atoms with E-state index in [2.05, 4.69) is 4.98 Å². The van der Waals surface area contributed by atoms with Gasteiger partial charge in [0.2, 0.25) is 0 Å². The van der Waals surface area contributed by atoms with Crippen LogP contribution in [0.1, 0.15) is 37.2 Å². The molecule has 4 amide bonds. The maximum Gasteiger partial charge on any atom is 0.327 e. The van der Waals surface area contributed by atoms with Crippen molar-refractivity contribution in [3.05, 3.63) is 24.0 Å². The van der Waals surface area contributed by atoms with E-state index in [0.717, 1.165) is 0 Å². The molecule has 1 aromatic rings. The van der Waals surface area contributed by atoms with Gasteiger partial charge in [-0.2, -0.15) is 0 Å². The highest BCUT2D eigenvalue weighted by molar-refractivity contribution is 6.07. The second-order valence-corrected chi connectivity index (χ2v) is 7.35. The second-order valence-electron chi connectivity index (χ2n) is 7.35. The predicted octanol–water partition coefficient (Wildman–Crippen LogP) is 1.31. The maximum absolute atomic E-state index is 12.8. The molecule has 140 valence electrons. The first-order valence-corrected chi connectivity index (χ1v) is 8.81. The molecule has 3 rings (SSSR count). The number of rotatable bonds is 3. The van der Waals surface area contributed by atoms with E-state index < -0.39 is 5.54 Å². The highest BCUT2D eigenvalue weighted by Crippen LogP contribution is 2.37. The first-order valence-electron chi connectivity index (χ1n) is 8.81. The van der Waals surface area contributed by atoms with Gasteiger partial charge in [0, 0.05) is 32.9 Å². The van der Waals surface area contributed by atoms with Crippen LogP contribution in [0.2, 0.25) is 0 Å². The van der Waals surface area contributed by atoms with E-state index in [9.17, 15) is 19.5 Å². The van der Waals surface area contributed by atoms with Gasteiger partial charge in [0.1, 0.15) is 11.3 Å². The number of urea groups is 1. The zero-order valence-corrected chi connectivity index (χ0v) is 15.3. The summed E-state index contributed by atoms with van der Waals surface area (Å²) in [6, 6.07) is 2.70. The average Bonchev–Trinajstić information content (AvgIpc) is 2.78. The van der Waals surface area contributed by atoms with Crippen LogP contribution in [0.15, 0.2) is 18.3 Å². The van der Waals surface area contributed by atoms with Crippen LogP contribution in [0.3, 0.4) is 0 Å². The van der Waals surface area contributed by atoms with E-state index in [4.69, 9.17) is 0 Å². The van der Waals surface area contributed by atoms with Gasteiger partial charge in [-0.1, -0.05) is 13.8 Å². The minimum absolute atomic E-state index is 0.00781. The normalized spacial score (nSPS) is 19.8. The third kappa shape index (κ3) is 2.79. The number of nitrogens with zero attached hydrogens (tertiary/aromatic N) is 4. The number of likely N-dealkylation sites (tertiary alicyclic amines) is 1. The van der Waals surface area contributed by atoms with Crippen molar-refractivity contribution < 1.29 is 19.5 Å². The Balaban J connectivity index is 1.79. The zero-order chi connectivity index (χ0) is 19.1. The Kier molecular flexibility index (Phi) is 4.60. The molecule has 0 atom stereocenters. The fraction of sp³-hybridized carbons (Fsp3) is 0.556. The number of amides is 4. The number of carbonyl (C=O) groups is 3. The van der Waals surface area contributed by atoms with Crippen molar-refractivity contribution in [2.75, 3.05) is 26.7 Å². The van der Waals surface area contributed by atoms with Gasteiger partial charge in [-0.05, 0) is 30.9 Å². The molecule has 0 radical (unpaired) electrons. The molecule has 0 unspecified atom stereocenters. The van der Waals surface area contributed by atoms with E-state index in [0.29, 0.717) is 32.5 Å². The molecule has 0 aromatic carbocycles. The number of aromatic nitrogens is 1. The van der Waals surface area contributed by atoms with Gasteiger partial charge < -0.3 is 14.9 Å². The Labute approximate surface area is 152 Å². The molecule has 0 aliphatic carbocycles. The number of piperidine rings is 1. The molecule has 1 N–H and O–H groups in total. The third-order valence-corrected chi connectivity index (χ3v) is 5.15. The van der Waals surface area contributed by atoms with E-state index in [1.165, 1.54) is 24.2 Å². The first kappa shape index (κ1) is 18.2. The minimum Gasteiger partial charge on any atom is -0.505 e. The van der Waals surface area contributed by atoms with Gasteiger partial charge in [-0.25, -0.2) is 9.78 Å². The molecule has 2 aliphatic rings. The van der Waals surface area contributed by atoms with Crippen LogP contribution >= 0.6 is 0 Å². The molecule has 26 heavy (non-hydrogen) atoms. The Bertz CT molecular complexity index is 740. The summed E-state index contributed by atoms with van der Waals surface area (Å²) in [4.78, 5) is 46.3. The van der Waals surface area contributed by atoms with Crippen molar-refractivity contribution in [1.29, 1.82) is 0 Å². The highest BCUT2D eigenvalue weighted by Gasteiger charge is 2.57. The summed E-state index contributed by atoms with van der Waals surface area (Å²) >= 11 is 0. The van der Waals surface area contributed by atoms with Crippen molar-refractivity contribution in [2.24, 2.45) is 5.92 Å². The summed E-state index contributed by atoms with van der Waals surface area (Å²) in [6.45, 7) is 5.18. The van der Waals surface area contributed by atoms with Crippen molar-refractivity contribution in [3.63, 3.8) is 0 Å². The van der Waals surface area contributed by atoms with Crippen LogP contribution in [-0.2, 0) is 4.79 Å². The summed E-state index contributed by atoms with van der Waals surface area (Å²) in [5.74, 6) is -0.485. The van der Waals surface area contributed by atoms with Gasteiger partial charge in [0.25, 0.3) is 11.8 Å². The second kappa shape index (κ2) is 6.59. The Morgan fingerprint density at radius 3 is 2.54 bits per heavy atom. The van der Waals surface area contributed by atoms with Crippen LogP contribution in [0, 0.1) is 5.92 Å². The number of aromatic hydroxyl groups is 1. The van der Waals surface area contributed by atoms with Crippen molar-refractivity contribution in [2.45, 2.75) is 32.2 Å². The van der Waals surface area contributed by atoms with Gasteiger partial charge in [-0.15, -0.1) is 0 Å². The maximum atomic E-state index is 12.8. The molecule has 8 heteroatoms. The summed E-state index contributed by atoms with van der Waals surface area (Å²) in [5, 5.41) is 9.85. The number of hydrogen-bond acceptors (Lipinski definition) is 5. The Morgan fingerprint density at radius 1 is 1.31 bits per heavy atom. The summed E-state index contributed by atoms with van der Waals surface area (Å²) < 4.78 is 0. The fourth-order valence-corrected chi connectivity index (χ4v) is 3.77. The number of likely N-dealkylation sites (N-methyl/N-ethyl adjacent to an activating group) is 1. The van der Waals surface area contributed by atoms with E-state index in [-0.39, 0.29) is 35.2 Å². The van der Waals surface area contributed by atoms with Gasteiger partial charge in [0.15, 0.2) is 5.69 Å². The topological polar surface area (TPSA) is 94.1 Å². The van der Waals surface area contributed by atoms with Crippen molar-refractivity contribution >= 4 is 17.8 Å². The van der Waals surface area contributed by atoms with Crippen LogP contribution in [-0.4, -0.2) is 74.9 Å². The largest absolute Gasteiger partial charge is 0.505 e. The quantitative estimate of drug-likeness (QED) is 0.820. The lowest BCUT2D eigenvalue weighted by atomic mass is 9.85. The standard InChI is InChI=1S/C18H24N4O4/c1-12(2)11-22-17(26)20(3)16(25)18(22)6-9-21(10-7-18)15(24)14-13(23)5-4-8-19-14/h4-5,8,12,23H,6-7,9-11H2,1-3H3. The van der Waals surface area contributed by atoms with Gasteiger partial charge >= 0.3 is 6.03 Å². The molecule has 1 spiro atoms. The van der Waals surface area contributed by atoms with Gasteiger partial charge in [-0.3, -0.25) is 14.5 Å². The molecule has 2 fully saturated rings. The van der Waals surface area contributed by atoms with Crippen LogP contribution < -0.4 is 0 Å². The molecule has 1 aromatic heterocycles. The lowest BCUT2D eigenvalue weighted by Gasteiger charge is -2.42. The lowest BCUT2D eigenvalue weighted by Crippen LogP contribution is -2.58. The van der Waals surface area contributed by atoms with E-state index in [1.807, 2.05) is 13.8 Å². The molecule has 3 heterocycles. The SMILES string of the molecule is CC(C)CN1C(=O)N(C)C(=O)C12CCN(C(=O)c1ncccc1O)CC2. The molecule has 8 nitrogen and oxygen atoms in total. The van der Waals surface area contributed by atoms with Crippen molar-refractivity contribution in [1.82, 2.24) is 19.7 Å². The number of imide groups is 1. The molecule has 0 saturated carbocycles.